The summed E-state index contributed by atoms with van der Waals surface area (Å²) in [5.74, 6) is -2.05. The molecule has 0 unspecified atom stereocenters. The summed E-state index contributed by atoms with van der Waals surface area (Å²) in [6.07, 6.45) is -3.63. The molecule has 1 saturated heterocycles. The van der Waals surface area contributed by atoms with Crippen LogP contribution in [0.15, 0.2) is 46.3 Å². The number of hydrogen-bond donors (Lipinski definition) is 2. The van der Waals surface area contributed by atoms with Crippen LogP contribution in [0.1, 0.15) is 0 Å². The van der Waals surface area contributed by atoms with Crippen LogP contribution in [0, 0.1) is 0 Å². The highest BCUT2D eigenvalue weighted by atomic mass is 35.5. The van der Waals surface area contributed by atoms with Gasteiger partial charge in [-0.15, -0.1) is 0 Å². The van der Waals surface area contributed by atoms with Crippen molar-refractivity contribution in [1.82, 2.24) is 14.2 Å². The third-order valence-corrected chi connectivity index (χ3v) is 9.17. The fourth-order valence-corrected chi connectivity index (χ4v) is 6.72. The Hall–Kier alpha value is -2.36. The fourth-order valence-electron chi connectivity index (χ4n) is 3.98. The van der Waals surface area contributed by atoms with Gasteiger partial charge in [-0.3, -0.25) is 4.79 Å². The van der Waals surface area contributed by atoms with Crippen LogP contribution in [0.3, 0.4) is 0 Å². The number of fused-ring (bicyclic) bond motifs is 1. The Balaban J connectivity index is 1.77. The summed E-state index contributed by atoms with van der Waals surface area (Å²) in [4.78, 5) is 14.2. The standard InChI is InChI=1S/C20H17Cl2F3N4O5S2/c21-14-3-2-12(18-17(14)15(22)10-27-18)13-9-11(1-4-16(13)35(26,31)32)36(33,34)29-7-5-28(6-8-29)19(30)20(23,24)25/h1-4,9-10,27H,5-8H2,(H2,26,31,32). The molecular weight excluding hydrogens is 568 g/mol. The Morgan fingerprint density at radius 3 is 2.17 bits per heavy atom. The van der Waals surface area contributed by atoms with E-state index in [0.29, 0.717) is 15.8 Å². The number of carbonyl (C=O) groups excluding carboxylic acids is 1. The lowest BCUT2D eigenvalue weighted by atomic mass is 10.0. The van der Waals surface area contributed by atoms with Crippen molar-refractivity contribution in [2.45, 2.75) is 16.0 Å². The molecule has 9 nitrogen and oxygen atoms in total. The minimum atomic E-state index is -5.07. The lowest BCUT2D eigenvalue weighted by molar-refractivity contribution is -0.186. The molecule has 0 radical (unpaired) electrons. The number of nitrogens with two attached hydrogens (primary N) is 1. The number of hydrogen-bond acceptors (Lipinski definition) is 5. The molecule has 0 bridgehead atoms. The van der Waals surface area contributed by atoms with Gasteiger partial charge in [0.1, 0.15) is 0 Å². The van der Waals surface area contributed by atoms with Crippen LogP contribution in [0.5, 0.6) is 0 Å². The molecule has 3 aromatic rings. The Kier molecular flexibility index (Phi) is 6.81. The maximum atomic E-state index is 13.3. The smallest absolute Gasteiger partial charge is 0.359 e. The van der Waals surface area contributed by atoms with Crippen molar-refractivity contribution in [1.29, 1.82) is 0 Å². The lowest BCUT2D eigenvalue weighted by Gasteiger charge is -2.34. The van der Waals surface area contributed by atoms with E-state index >= 15 is 0 Å². The maximum Gasteiger partial charge on any atom is 0.471 e. The van der Waals surface area contributed by atoms with E-state index in [1.807, 2.05) is 0 Å². The van der Waals surface area contributed by atoms with E-state index in [1.54, 1.807) is 0 Å². The zero-order chi connectivity index (χ0) is 26.6. The van der Waals surface area contributed by atoms with Crippen LogP contribution < -0.4 is 5.14 Å². The van der Waals surface area contributed by atoms with Gasteiger partial charge in [-0.2, -0.15) is 17.5 Å². The molecule has 2 heterocycles. The van der Waals surface area contributed by atoms with E-state index in [4.69, 9.17) is 28.3 Å². The molecule has 0 spiro atoms. The number of aromatic amines is 1. The molecule has 0 saturated carbocycles. The number of nitrogens with one attached hydrogen (secondary N) is 1. The van der Waals surface area contributed by atoms with Crippen LogP contribution in [0.2, 0.25) is 10.0 Å². The van der Waals surface area contributed by atoms with Crippen molar-refractivity contribution in [3.05, 3.63) is 46.6 Å². The third kappa shape index (κ3) is 4.80. The third-order valence-electron chi connectivity index (χ3n) is 5.69. The molecular formula is C20H17Cl2F3N4O5S2. The number of piperazine rings is 1. The van der Waals surface area contributed by atoms with Crippen LogP contribution in [0.25, 0.3) is 22.0 Å². The van der Waals surface area contributed by atoms with Gasteiger partial charge in [0, 0.05) is 48.9 Å². The van der Waals surface area contributed by atoms with Crippen molar-refractivity contribution >= 4 is 60.1 Å². The molecule has 1 amide bonds. The first-order valence-corrected chi connectivity index (χ1v) is 13.8. The summed E-state index contributed by atoms with van der Waals surface area (Å²) in [6, 6.07) is 6.12. The molecule has 0 aliphatic carbocycles. The molecule has 2 aromatic carbocycles. The quantitative estimate of drug-likeness (QED) is 0.486. The number of rotatable bonds is 4. The topological polar surface area (TPSA) is 134 Å². The van der Waals surface area contributed by atoms with E-state index in [9.17, 15) is 34.8 Å². The van der Waals surface area contributed by atoms with E-state index in [1.165, 1.54) is 18.3 Å². The summed E-state index contributed by atoms with van der Waals surface area (Å²) in [7, 11) is -8.59. The highest BCUT2D eigenvalue weighted by Gasteiger charge is 2.44. The van der Waals surface area contributed by atoms with Gasteiger partial charge < -0.3 is 9.88 Å². The van der Waals surface area contributed by atoms with E-state index in [-0.39, 0.29) is 44.1 Å². The Labute approximate surface area is 213 Å². The zero-order valence-electron chi connectivity index (χ0n) is 18.0. The highest BCUT2D eigenvalue weighted by molar-refractivity contribution is 7.89. The van der Waals surface area contributed by atoms with Gasteiger partial charge >= 0.3 is 12.1 Å². The molecule has 194 valence electrons. The van der Waals surface area contributed by atoms with Crippen LogP contribution >= 0.6 is 23.2 Å². The number of primary sulfonamides is 1. The molecule has 1 fully saturated rings. The fraction of sp³-hybridized carbons (Fsp3) is 0.250. The van der Waals surface area contributed by atoms with Crippen molar-refractivity contribution in [3.63, 3.8) is 0 Å². The van der Waals surface area contributed by atoms with Gasteiger partial charge in [-0.25, -0.2) is 22.0 Å². The van der Waals surface area contributed by atoms with Gasteiger partial charge in [-0.05, 0) is 24.3 Å². The highest BCUT2D eigenvalue weighted by Crippen LogP contribution is 2.39. The van der Waals surface area contributed by atoms with Gasteiger partial charge in [0.15, 0.2) is 0 Å². The number of H-pyrrole nitrogens is 1. The predicted octanol–water partition coefficient (Wildman–Crippen LogP) is 3.18. The van der Waals surface area contributed by atoms with Crippen molar-refractivity contribution in [2.24, 2.45) is 5.14 Å². The van der Waals surface area contributed by atoms with Crippen LogP contribution in [-0.2, 0) is 24.8 Å². The second-order valence-electron chi connectivity index (χ2n) is 7.88. The monoisotopic (exact) mass is 584 g/mol. The Morgan fingerprint density at radius 1 is 0.944 bits per heavy atom. The second kappa shape index (κ2) is 9.19. The second-order valence-corrected chi connectivity index (χ2v) is 12.2. The van der Waals surface area contributed by atoms with Gasteiger partial charge in [-0.1, -0.05) is 29.3 Å². The molecule has 1 aliphatic rings. The zero-order valence-corrected chi connectivity index (χ0v) is 21.2. The summed E-state index contributed by atoms with van der Waals surface area (Å²) < 4.78 is 90.2. The van der Waals surface area contributed by atoms with E-state index in [2.05, 4.69) is 4.98 Å². The largest absolute Gasteiger partial charge is 0.471 e. The summed E-state index contributed by atoms with van der Waals surface area (Å²) >= 11 is 12.4. The van der Waals surface area contributed by atoms with Crippen LogP contribution in [-0.4, -0.2) is 69.3 Å². The number of nitrogens with zero attached hydrogens (tertiary/aromatic N) is 2. The van der Waals surface area contributed by atoms with Gasteiger partial charge in [0.05, 0.1) is 25.4 Å². The molecule has 16 heteroatoms. The number of amides is 1. The number of benzene rings is 2. The summed E-state index contributed by atoms with van der Waals surface area (Å²) in [6.45, 7) is -1.68. The van der Waals surface area contributed by atoms with Crippen molar-refractivity contribution in [2.75, 3.05) is 26.2 Å². The molecule has 36 heavy (non-hydrogen) atoms. The SMILES string of the molecule is NS(=O)(=O)c1ccc(S(=O)(=O)N2CCN(C(=O)C(F)(F)F)CC2)cc1-c1ccc(Cl)c2c(Cl)c[nH]c12. The number of aromatic nitrogens is 1. The van der Waals surface area contributed by atoms with Crippen molar-refractivity contribution in [3.8, 4) is 11.1 Å². The van der Waals surface area contributed by atoms with E-state index in [0.717, 1.165) is 22.5 Å². The predicted molar refractivity (Wildman–Crippen MR) is 127 cm³/mol. The van der Waals surface area contributed by atoms with E-state index < -0.39 is 45.2 Å². The van der Waals surface area contributed by atoms with Gasteiger partial charge in [0.25, 0.3) is 0 Å². The first-order chi connectivity index (χ1) is 16.6. The first-order valence-electron chi connectivity index (χ1n) is 10.1. The number of sulfonamides is 2. The Morgan fingerprint density at radius 2 is 1.58 bits per heavy atom. The Bertz CT molecular complexity index is 1580. The minimum Gasteiger partial charge on any atom is -0.359 e. The number of alkyl halides is 3. The molecule has 1 aromatic heterocycles. The van der Waals surface area contributed by atoms with Gasteiger partial charge in [0.2, 0.25) is 20.0 Å². The summed E-state index contributed by atoms with van der Waals surface area (Å²) in [5.41, 5.74) is 0.541. The summed E-state index contributed by atoms with van der Waals surface area (Å²) in [5, 5.41) is 6.28. The molecule has 1 aliphatic heterocycles. The molecule has 4 rings (SSSR count). The molecule has 0 atom stereocenters. The normalized spacial score (nSPS) is 16.0. The van der Waals surface area contributed by atoms with Crippen molar-refractivity contribution < 1.29 is 34.8 Å². The number of halogens is 5. The average Bonchev–Trinajstić information content (AvgIpc) is 3.19. The van der Waals surface area contributed by atoms with Crippen LogP contribution in [0.4, 0.5) is 13.2 Å². The lowest BCUT2D eigenvalue weighted by Crippen LogP contribution is -2.53. The number of carbonyl (C=O) groups is 1. The maximum absolute atomic E-state index is 13.3. The first kappa shape index (κ1) is 26.7. The minimum absolute atomic E-state index is 0.0513. The average molecular weight is 585 g/mol. The molecule has 3 N–H and O–H groups in total.